The van der Waals surface area contributed by atoms with Crippen LogP contribution in [0.3, 0.4) is 0 Å². The molecule has 0 unspecified atom stereocenters. The summed E-state index contributed by atoms with van der Waals surface area (Å²) in [5.74, 6) is 7.50. The molecule has 56 heavy (non-hydrogen) atoms. The highest BCUT2D eigenvalue weighted by Crippen LogP contribution is 2.36. The predicted octanol–water partition coefficient (Wildman–Crippen LogP) is 6.92. The fraction of sp³-hybridized carbons (Fsp3) is 0.474. The van der Waals surface area contributed by atoms with E-state index in [-0.39, 0.29) is 60.5 Å². The Balaban J connectivity index is 0.00000348. The highest BCUT2D eigenvalue weighted by atomic mass is 35.5. The number of ether oxygens (including phenoxy) is 2. The lowest BCUT2D eigenvalue weighted by Crippen LogP contribution is -2.51. The van der Waals surface area contributed by atoms with Crippen LogP contribution < -0.4 is 10.6 Å². The van der Waals surface area contributed by atoms with Gasteiger partial charge in [-0.25, -0.2) is 19.6 Å². The molecular formula is C38H48Cl2N8O6S2. The summed E-state index contributed by atoms with van der Waals surface area (Å²) in [4.78, 5) is 74.3. The van der Waals surface area contributed by atoms with Gasteiger partial charge in [0.15, 0.2) is 0 Å². The molecule has 0 spiro atoms. The summed E-state index contributed by atoms with van der Waals surface area (Å²) in [6.07, 6.45) is 5.60. The Morgan fingerprint density at radius 1 is 0.750 bits per heavy atom. The second-order valence-corrected chi connectivity index (χ2v) is 16.2. The summed E-state index contributed by atoms with van der Waals surface area (Å²) >= 11 is 3.09. The molecule has 0 bridgehead atoms. The molecule has 2 aliphatic rings. The number of alkyl carbamates (subject to hydrolysis) is 2. The van der Waals surface area contributed by atoms with E-state index >= 15 is 0 Å². The van der Waals surface area contributed by atoms with Crippen molar-refractivity contribution in [1.82, 2.24) is 40.4 Å². The number of amides is 4. The SMILES string of the molecule is COC(=O)N[C@@H](C(=O)N1CCC[C@H]1c1cnc(-c2ccc(C#Cc3ccc(-c4cnc([C@@H]5CCCN5C(=O)[C@H](NC(=O)OC)C(C)C)[nH]4)s3)s2)[nH]1)C(C)C.Cl.Cl. The molecule has 0 aromatic carbocycles. The van der Waals surface area contributed by atoms with Crippen LogP contribution in [0, 0.1) is 23.7 Å². The molecule has 18 heteroatoms. The number of halogens is 2. The Bertz CT molecular complexity index is 1910. The van der Waals surface area contributed by atoms with Crippen LogP contribution in [0.5, 0.6) is 0 Å². The zero-order chi connectivity index (χ0) is 38.5. The van der Waals surface area contributed by atoms with Gasteiger partial charge in [0.1, 0.15) is 23.7 Å². The lowest BCUT2D eigenvalue weighted by atomic mass is 10.0. The zero-order valence-corrected chi connectivity index (χ0v) is 35.3. The monoisotopic (exact) mass is 846 g/mol. The fourth-order valence-corrected chi connectivity index (χ4v) is 8.53. The lowest BCUT2D eigenvalue weighted by Gasteiger charge is -2.30. The van der Waals surface area contributed by atoms with Crippen LogP contribution in [-0.4, -0.2) is 93.1 Å². The molecule has 0 saturated carbocycles. The van der Waals surface area contributed by atoms with Crippen molar-refractivity contribution in [3.05, 3.63) is 57.9 Å². The first-order chi connectivity index (χ1) is 26.0. The maximum Gasteiger partial charge on any atom is 0.407 e. The average Bonchev–Trinajstić information content (AvgIpc) is 4.01. The molecule has 0 radical (unpaired) electrons. The van der Waals surface area contributed by atoms with Crippen LogP contribution in [0.4, 0.5) is 9.59 Å². The molecule has 2 aliphatic heterocycles. The van der Waals surface area contributed by atoms with Gasteiger partial charge in [-0.15, -0.1) is 47.5 Å². The molecule has 4 atom stereocenters. The summed E-state index contributed by atoms with van der Waals surface area (Å²) in [6, 6.07) is 6.21. The average molecular weight is 848 g/mol. The summed E-state index contributed by atoms with van der Waals surface area (Å²) < 4.78 is 9.49. The number of nitrogens with one attached hydrogen (secondary N) is 4. The number of nitrogens with zero attached hydrogens (tertiary/aromatic N) is 4. The van der Waals surface area contributed by atoms with E-state index in [1.165, 1.54) is 25.6 Å². The number of carbonyl (C=O) groups is 4. The number of aromatic nitrogens is 4. The largest absolute Gasteiger partial charge is 0.453 e. The number of hydrogen-bond acceptors (Lipinski definition) is 10. The number of H-pyrrole nitrogens is 2. The first-order valence-corrected chi connectivity index (χ1v) is 19.7. The van der Waals surface area contributed by atoms with E-state index in [4.69, 9.17) is 9.47 Å². The molecule has 302 valence electrons. The third-order valence-electron chi connectivity index (χ3n) is 9.74. The van der Waals surface area contributed by atoms with Crippen LogP contribution >= 0.6 is 47.5 Å². The minimum atomic E-state index is -0.691. The summed E-state index contributed by atoms with van der Waals surface area (Å²) in [5.41, 5.74) is 1.71. The Kier molecular flexibility index (Phi) is 15.4. The van der Waals surface area contributed by atoms with E-state index in [9.17, 15) is 19.2 Å². The van der Waals surface area contributed by atoms with Crippen molar-refractivity contribution in [2.24, 2.45) is 11.8 Å². The van der Waals surface area contributed by atoms with Crippen molar-refractivity contribution in [3.8, 4) is 33.1 Å². The highest BCUT2D eigenvalue weighted by molar-refractivity contribution is 7.16. The van der Waals surface area contributed by atoms with Crippen molar-refractivity contribution in [3.63, 3.8) is 0 Å². The Hall–Kier alpha value is -4.56. The Morgan fingerprint density at radius 3 is 1.82 bits per heavy atom. The molecule has 4 aromatic rings. The molecule has 14 nitrogen and oxygen atoms in total. The van der Waals surface area contributed by atoms with Gasteiger partial charge in [-0.3, -0.25) is 9.59 Å². The fourth-order valence-electron chi connectivity index (χ4n) is 6.89. The molecule has 2 saturated heterocycles. The minimum absolute atomic E-state index is 0. The van der Waals surface area contributed by atoms with Crippen molar-refractivity contribution in [2.45, 2.75) is 77.5 Å². The van der Waals surface area contributed by atoms with Gasteiger partial charge in [-0.1, -0.05) is 27.7 Å². The number of carbonyl (C=O) groups excluding carboxylic acids is 4. The standard InChI is InChI=1S/C38H46N8O6S2.2ClH/c1-21(2)31(43-37(49)51-5)35(47)45-17-7-9-27(45)25-19-40-34(41-25)30-16-14-24(54-30)12-11-23-13-15-29(53-23)26-20-39-33(42-26)28-10-8-18-46(28)36(48)32(22(3)4)44-38(50)52-6;;/h13-16,19-22,27-28,31-32H,7-10,17-18H2,1-6H3,(H,39,42)(H,40,41)(H,43,49)(H,44,50);2*1H/t27-,28-,31+,32+;;/m0../s1. The van der Waals surface area contributed by atoms with Crippen molar-refractivity contribution < 1.29 is 28.7 Å². The van der Waals surface area contributed by atoms with Gasteiger partial charge in [0.25, 0.3) is 0 Å². The van der Waals surface area contributed by atoms with Gasteiger partial charge in [-0.2, -0.15) is 0 Å². The molecule has 4 N–H and O–H groups in total. The van der Waals surface area contributed by atoms with Gasteiger partial charge < -0.3 is 39.9 Å². The van der Waals surface area contributed by atoms with Gasteiger partial charge in [0, 0.05) is 13.1 Å². The maximum absolute atomic E-state index is 13.5. The summed E-state index contributed by atoms with van der Waals surface area (Å²) in [7, 11) is 2.57. The Labute approximate surface area is 346 Å². The molecule has 6 rings (SSSR count). The van der Waals surface area contributed by atoms with Crippen molar-refractivity contribution >= 4 is 71.5 Å². The quantitative estimate of drug-likeness (QED) is 0.125. The number of thiophene rings is 2. The van der Waals surface area contributed by atoms with Crippen LogP contribution in [0.2, 0.25) is 0 Å². The number of aromatic amines is 2. The van der Waals surface area contributed by atoms with E-state index in [1.54, 1.807) is 28.6 Å². The van der Waals surface area contributed by atoms with Gasteiger partial charge in [0.2, 0.25) is 11.8 Å². The molecule has 6 heterocycles. The normalized spacial score (nSPS) is 17.4. The molecule has 4 aromatic heterocycles. The highest BCUT2D eigenvalue weighted by Gasteiger charge is 2.38. The number of methoxy groups -OCH3 is 2. The van der Waals surface area contributed by atoms with Gasteiger partial charge in [0.05, 0.1) is 69.6 Å². The number of imidazole rings is 2. The van der Waals surface area contributed by atoms with Gasteiger partial charge in [-0.05, 0) is 73.6 Å². The maximum atomic E-state index is 13.5. The summed E-state index contributed by atoms with van der Waals surface area (Å²) in [5, 5.41) is 5.38. The number of rotatable bonds is 10. The van der Waals surface area contributed by atoms with Crippen LogP contribution in [-0.2, 0) is 19.1 Å². The van der Waals surface area contributed by atoms with E-state index in [0.717, 1.165) is 56.6 Å². The van der Waals surface area contributed by atoms with Gasteiger partial charge >= 0.3 is 12.2 Å². The van der Waals surface area contributed by atoms with E-state index < -0.39 is 24.3 Å². The Morgan fingerprint density at radius 2 is 1.27 bits per heavy atom. The smallest absolute Gasteiger partial charge is 0.407 e. The number of hydrogen-bond donors (Lipinski definition) is 4. The number of likely N-dealkylation sites (tertiary alicyclic amines) is 2. The first-order valence-electron chi connectivity index (χ1n) is 18.1. The first kappa shape index (κ1) is 44.2. The van der Waals surface area contributed by atoms with Crippen LogP contribution in [0.25, 0.3) is 21.3 Å². The predicted molar refractivity (Wildman–Crippen MR) is 220 cm³/mol. The molecule has 2 fully saturated rings. The molecular weight excluding hydrogens is 800 g/mol. The van der Waals surface area contributed by atoms with Crippen LogP contribution in [0.1, 0.15) is 86.7 Å². The minimum Gasteiger partial charge on any atom is -0.453 e. The topological polar surface area (TPSA) is 175 Å². The summed E-state index contributed by atoms with van der Waals surface area (Å²) in [6.45, 7) is 8.78. The van der Waals surface area contributed by atoms with Crippen LogP contribution in [0.15, 0.2) is 36.7 Å². The third-order valence-corrected chi connectivity index (χ3v) is 11.8. The second kappa shape index (κ2) is 19.5. The molecule has 4 amide bonds. The second-order valence-electron chi connectivity index (χ2n) is 14.0. The lowest BCUT2D eigenvalue weighted by molar-refractivity contribution is -0.136. The van der Waals surface area contributed by atoms with E-state index in [0.29, 0.717) is 24.7 Å². The third kappa shape index (κ3) is 9.87. The molecule has 0 aliphatic carbocycles. The van der Waals surface area contributed by atoms with E-state index in [2.05, 4.69) is 42.4 Å². The zero-order valence-electron chi connectivity index (χ0n) is 32.0. The van der Waals surface area contributed by atoms with E-state index in [1.807, 2.05) is 56.9 Å². The van der Waals surface area contributed by atoms with Crippen molar-refractivity contribution in [2.75, 3.05) is 27.3 Å². The van der Waals surface area contributed by atoms with Crippen molar-refractivity contribution in [1.29, 1.82) is 0 Å².